The molecule has 0 aromatic heterocycles. The third-order valence-electron chi connectivity index (χ3n) is 3.32. The highest BCUT2D eigenvalue weighted by molar-refractivity contribution is 5.91. The fourth-order valence-electron chi connectivity index (χ4n) is 2.26. The Morgan fingerprint density at radius 3 is 2.24 bits per heavy atom. The first-order valence-electron chi connectivity index (χ1n) is 6.76. The molecule has 0 aliphatic heterocycles. The van der Waals surface area contributed by atoms with Crippen molar-refractivity contribution in [3.63, 3.8) is 0 Å². The van der Waals surface area contributed by atoms with Gasteiger partial charge < -0.3 is 20.7 Å². The summed E-state index contributed by atoms with van der Waals surface area (Å²) in [7, 11) is 0. The summed E-state index contributed by atoms with van der Waals surface area (Å²) >= 11 is 0. The van der Waals surface area contributed by atoms with Crippen LogP contribution in [0.3, 0.4) is 0 Å². The summed E-state index contributed by atoms with van der Waals surface area (Å²) in [6, 6.07) is 6.71. The molecule has 0 spiro atoms. The normalized spacial score (nSPS) is 12.2. The number of ether oxygens (including phenoxy) is 1. The first-order valence-corrected chi connectivity index (χ1v) is 6.76. The van der Waals surface area contributed by atoms with E-state index in [2.05, 4.69) is 4.74 Å². The second kappa shape index (κ2) is 7.62. The fourth-order valence-corrected chi connectivity index (χ4v) is 2.26. The average molecular weight is 378 g/mol. The molecule has 0 saturated carbocycles. The van der Waals surface area contributed by atoms with Crippen molar-refractivity contribution in [2.24, 2.45) is 5.73 Å². The second-order valence-corrected chi connectivity index (χ2v) is 5.15. The highest BCUT2D eigenvalue weighted by atomic mass is 35.5. The molecule has 0 heterocycles. The lowest BCUT2D eigenvalue weighted by Gasteiger charge is -2.17. The van der Waals surface area contributed by atoms with Crippen LogP contribution in [0.2, 0.25) is 0 Å². The number of carboxylic acids is 1. The molecule has 2 rings (SSSR count). The molecule has 4 N–H and O–H groups in total. The Kier molecular flexibility index (Phi) is 6.28. The van der Waals surface area contributed by atoms with Gasteiger partial charge in [-0.2, -0.15) is 0 Å². The van der Waals surface area contributed by atoms with Gasteiger partial charge in [0, 0.05) is 5.56 Å². The van der Waals surface area contributed by atoms with E-state index in [0.29, 0.717) is 11.1 Å². The maximum absolute atomic E-state index is 12.1. The fraction of sp³-hybridized carbons (Fsp3) is 0.188. The standard InChI is InChI=1S/C16H14F3NO4.ClH/c1-8-6-11(14(21)12(7-8)15(22)23)13(20)9-2-4-10(5-3-9)24-16(17,18)19;/h2-7,13,21H,20H2,1H3,(H,22,23);1H/t13-;/m0./s1. The van der Waals surface area contributed by atoms with Gasteiger partial charge in [0.1, 0.15) is 17.1 Å². The lowest BCUT2D eigenvalue weighted by atomic mass is 9.94. The van der Waals surface area contributed by atoms with E-state index in [1.807, 2.05) is 0 Å². The van der Waals surface area contributed by atoms with E-state index in [1.165, 1.54) is 24.3 Å². The van der Waals surface area contributed by atoms with Gasteiger partial charge in [-0.05, 0) is 36.2 Å². The second-order valence-electron chi connectivity index (χ2n) is 5.15. The maximum Gasteiger partial charge on any atom is 0.573 e. The number of benzene rings is 2. The molecule has 2 aromatic carbocycles. The third-order valence-corrected chi connectivity index (χ3v) is 3.32. The molecule has 25 heavy (non-hydrogen) atoms. The van der Waals surface area contributed by atoms with Crippen molar-refractivity contribution >= 4 is 18.4 Å². The van der Waals surface area contributed by atoms with E-state index in [9.17, 15) is 23.1 Å². The van der Waals surface area contributed by atoms with E-state index in [0.717, 1.165) is 12.1 Å². The number of halogens is 4. The maximum atomic E-state index is 12.1. The lowest BCUT2D eigenvalue weighted by Crippen LogP contribution is -2.17. The molecule has 0 amide bonds. The molecule has 0 unspecified atom stereocenters. The Labute approximate surface area is 147 Å². The van der Waals surface area contributed by atoms with Crippen LogP contribution < -0.4 is 10.5 Å². The van der Waals surface area contributed by atoms with E-state index >= 15 is 0 Å². The van der Waals surface area contributed by atoms with Gasteiger partial charge in [0.25, 0.3) is 0 Å². The van der Waals surface area contributed by atoms with Crippen molar-refractivity contribution in [1.29, 1.82) is 0 Å². The summed E-state index contributed by atoms with van der Waals surface area (Å²) in [6.45, 7) is 1.64. The van der Waals surface area contributed by atoms with Crippen molar-refractivity contribution in [2.45, 2.75) is 19.3 Å². The van der Waals surface area contributed by atoms with Crippen LogP contribution in [-0.4, -0.2) is 22.5 Å². The zero-order valence-electron chi connectivity index (χ0n) is 12.9. The van der Waals surface area contributed by atoms with Crippen LogP contribution in [0.5, 0.6) is 11.5 Å². The molecule has 1 atom stereocenters. The Hall–Kier alpha value is -2.45. The highest BCUT2D eigenvalue weighted by Gasteiger charge is 2.31. The van der Waals surface area contributed by atoms with Crippen LogP contribution in [0.1, 0.15) is 33.1 Å². The molecule has 136 valence electrons. The first-order chi connectivity index (χ1) is 11.1. The van der Waals surface area contributed by atoms with E-state index in [4.69, 9.17) is 10.8 Å². The number of hydrogen-bond donors (Lipinski definition) is 3. The first kappa shape index (κ1) is 20.6. The molecular formula is C16H15ClF3NO4. The molecule has 0 fully saturated rings. The Morgan fingerprint density at radius 1 is 1.20 bits per heavy atom. The van der Waals surface area contributed by atoms with Crippen molar-refractivity contribution in [3.8, 4) is 11.5 Å². The number of aromatic hydroxyl groups is 1. The van der Waals surface area contributed by atoms with Gasteiger partial charge in [0.05, 0.1) is 6.04 Å². The minimum atomic E-state index is -4.80. The number of hydrogen-bond acceptors (Lipinski definition) is 4. The van der Waals surface area contributed by atoms with Gasteiger partial charge in [0.15, 0.2) is 0 Å². The predicted molar refractivity (Wildman–Crippen MR) is 86.2 cm³/mol. The summed E-state index contributed by atoms with van der Waals surface area (Å²) in [5.41, 5.74) is 6.85. The van der Waals surface area contributed by atoms with Gasteiger partial charge in [0.2, 0.25) is 0 Å². The smallest absolute Gasteiger partial charge is 0.507 e. The number of carbonyl (C=O) groups is 1. The van der Waals surface area contributed by atoms with Crippen molar-refractivity contribution < 1.29 is 32.9 Å². The lowest BCUT2D eigenvalue weighted by molar-refractivity contribution is -0.274. The van der Waals surface area contributed by atoms with Gasteiger partial charge in [-0.25, -0.2) is 4.79 Å². The SMILES string of the molecule is Cc1cc(C(=O)O)c(O)c([C@@H](N)c2ccc(OC(F)(F)F)cc2)c1.Cl. The van der Waals surface area contributed by atoms with Crippen LogP contribution >= 0.6 is 12.4 Å². The van der Waals surface area contributed by atoms with Gasteiger partial charge >= 0.3 is 12.3 Å². The van der Waals surface area contributed by atoms with E-state index in [1.54, 1.807) is 6.92 Å². The molecule has 5 nitrogen and oxygen atoms in total. The average Bonchev–Trinajstić information content (AvgIpc) is 2.47. The monoisotopic (exact) mass is 377 g/mol. The minimum Gasteiger partial charge on any atom is -0.507 e. The highest BCUT2D eigenvalue weighted by Crippen LogP contribution is 2.33. The topological polar surface area (TPSA) is 92.8 Å². The molecule has 2 aromatic rings. The van der Waals surface area contributed by atoms with Gasteiger partial charge in [-0.1, -0.05) is 18.2 Å². The Bertz CT molecular complexity index is 763. The summed E-state index contributed by atoms with van der Waals surface area (Å²) < 4.78 is 40.2. The quantitative estimate of drug-likeness (QED) is 0.754. The molecule has 0 aliphatic rings. The molecule has 0 radical (unpaired) electrons. The van der Waals surface area contributed by atoms with Crippen LogP contribution in [0.4, 0.5) is 13.2 Å². The Balaban J connectivity index is 0.00000312. The van der Waals surface area contributed by atoms with E-state index < -0.39 is 29.9 Å². The van der Waals surface area contributed by atoms with Gasteiger partial charge in [-0.15, -0.1) is 25.6 Å². The number of rotatable bonds is 4. The summed E-state index contributed by atoms with van der Waals surface area (Å²) in [6.07, 6.45) is -4.80. The summed E-state index contributed by atoms with van der Waals surface area (Å²) in [5.74, 6) is -2.19. The summed E-state index contributed by atoms with van der Waals surface area (Å²) in [5, 5.41) is 19.2. The number of phenols is 1. The third kappa shape index (κ3) is 5.01. The van der Waals surface area contributed by atoms with E-state index in [-0.39, 0.29) is 23.5 Å². The summed E-state index contributed by atoms with van der Waals surface area (Å²) in [4.78, 5) is 11.1. The van der Waals surface area contributed by atoms with Crippen molar-refractivity contribution in [1.82, 2.24) is 0 Å². The number of carboxylic acid groups (broad SMARTS) is 1. The van der Waals surface area contributed by atoms with Crippen LogP contribution in [0.15, 0.2) is 36.4 Å². The molecule has 0 saturated heterocycles. The minimum absolute atomic E-state index is 0. The molecule has 0 aliphatic carbocycles. The Morgan fingerprint density at radius 2 is 1.76 bits per heavy atom. The number of alkyl halides is 3. The number of nitrogens with two attached hydrogens (primary N) is 1. The van der Waals surface area contributed by atoms with Crippen LogP contribution in [-0.2, 0) is 0 Å². The number of aromatic carboxylic acids is 1. The van der Waals surface area contributed by atoms with Crippen LogP contribution in [0.25, 0.3) is 0 Å². The number of aryl methyl sites for hydroxylation is 1. The van der Waals surface area contributed by atoms with Crippen LogP contribution in [0, 0.1) is 6.92 Å². The molecule has 0 bridgehead atoms. The molecule has 9 heteroatoms. The zero-order valence-corrected chi connectivity index (χ0v) is 13.7. The predicted octanol–water partition coefficient (Wildman–Crippen LogP) is 3.77. The van der Waals surface area contributed by atoms with Crippen molar-refractivity contribution in [2.75, 3.05) is 0 Å². The molecular weight excluding hydrogens is 363 g/mol. The van der Waals surface area contributed by atoms with Crippen molar-refractivity contribution in [3.05, 3.63) is 58.7 Å². The zero-order chi connectivity index (χ0) is 18.1. The largest absolute Gasteiger partial charge is 0.573 e. The van der Waals surface area contributed by atoms with Gasteiger partial charge in [-0.3, -0.25) is 0 Å².